The van der Waals surface area contributed by atoms with Crippen LogP contribution in [0.1, 0.15) is 65.2 Å². The zero-order valence-electron chi connectivity index (χ0n) is 13.7. The monoisotopic (exact) mass is 280 g/mol. The van der Waals surface area contributed by atoms with E-state index in [9.17, 15) is 0 Å². The maximum absolute atomic E-state index is 2.74. The van der Waals surface area contributed by atoms with Gasteiger partial charge in [-0.05, 0) is 38.5 Å². The molecule has 0 spiro atoms. The maximum atomic E-state index is 2.74. The number of hydrogen-bond donors (Lipinski definition) is 2. The molecule has 0 amide bonds. The summed E-state index contributed by atoms with van der Waals surface area (Å²) in [6, 6.07) is 2.01. The Labute approximate surface area is 125 Å². The van der Waals surface area contributed by atoms with E-state index in [1.54, 1.807) is 25.7 Å². The van der Waals surface area contributed by atoms with Gasteiger partial charge in [0.1, 0.15) is 0 Å². The van der Waals surface area contributed by atoms with Crippen molar-refractivity contribution in [2.24, 2.45) is 23.7 Å². The van der Waals surface area contributed by atoms with E-state index in [0.29, 0.717) is 0 Å². The molecule has 0 atom stereocenters. The van der Waals surface area contributed by atoms with E-state index in [4.69, 9.17) is 0 Å². The third kappa shape index (κ3) is 2.92. The highest BCUT2D eigenvalue weighted by Crippen LogP contribution is 2.51. The summed E-state index contributed by atoms with van der Waals surface area (Å²) in [7, 11) is 0. The number of quaternary nitrogens is 2. The normalized spacial score (nSPS) is 42.3. The van der Waals surface area contributed by atoms with Crippen molar-refractivity contribution in [3.63, 3.8) is 0 Å². The lowest BCUT2D eigenvalue weighted by Crippen LogP contribution is -2.98. The van der Waals surface area contributed by atoms with Gasteiger partial charge in [0, 0.05) is 23.7 Å². The Morgan fingerprint density at radius 3 is 1.30 bits per heavy atom. The SMILES string of the molecule is CCCC[NH2+]C1C2CC3CC1CC(C2)C3[NH2+]CCCC. The lowest BCUT2D eigenvalue weighted by molar-refractivity contribution is -0.730. The standard InChI is InChI=1S/C18H34N2/c1-3-5-7-19-17-13-9-15-11-14(17)12-16(10-13)18(15)20-8-6-4-2/h13-20H,3-12H2,1-2H3/p+2. The molecule has 0 aromatic heterocycles. The van der Waals surface area contributed by atoms with Crippen molar-refractivity contribution in [3.05, 3.63) is 0 Å². The predicted octanol–water partition coefficient (Wildman–Crippen LogP) is 1.52. The van der Waals surface area contributed by atoms with Crippen molar-refractivity contribution in [1.29, 1.82) is 0 Å². The second-order valence-electron chi connectivity index (χ2n) is 7.89. The molecule has 0 unspecified atom stereocenters. The highest BCUT2D eigenvalue weighted by atomic mass is 15.0. The van der Waals surface area contributed by atoms with Crippen molar-refractivity contribution < 1.29 is 10.6 Å². The maximum Gasteiger partial charge on any atom is 0.0916 e. The van der Waals surface area contributed by atoms with Crippen molar-refractivity contribution in [3.8, 4) is 0 Å². The first kappa shape index (κ1) is 14.8. The highest BCUT2D eigenvalue weighted by molar-refractivity contribution is 5.01. The Morgan fingerprint density at radius 2 is 1.00 bits per heavy atom. The summed E-state index contributed by atoms with van der Waals surface area (Å²) in [4.78, 5) is 0. The molecule has 4 saturated carbocycles. The van der Waals surface area contributed by atoms with Crippen LogP contribution in [-0.4, -0.2) is 25.2 Å². The molecule has 20 heavy (non-hydrogen) atoms. The van der Waals surface area contributed by atoms with Gasteiger partial charge in [-0.15, -0.1) is 0 Å². The van der Waals surface area contributed by atoms with Gasteiger partial charge in [-0.3, -0.25) is 0 Å². The summed E-state index contributed by atoms with van der Waals surface area (Å²) >= 11 is 0. The Morgan fingerprint density at radius 1 is 0.650 bits per heavy atom. The summed E-state index contributed by atoms with van der Waals surface area (Å²) in [6.07, 6.45) is 11.8. The zero-order chi connectivity index (χ0) is 13.9. The van der Waals surface area contributed by atoms with E-state index in [-0.39, 0.29) is 0 Å². The van der Waals surface area contributed by atoms with Gasteiger partial charge in [-0.25, -0.2) is 0 Å². The second kappa shape index (κ2) is 6.79. The summed E-state index contributed by atoms with van der Waals surface area (Å²) in [6.45, 7) is 7.41. The van der Waals surface area contributed by atoms with Crippen LogP contribution in [0.3, 0.4) is 0 Å². The minimum Gasteiger partial charge on any atom is -0.343 e. The van der Waals surface area contributed by atoms with Crippen LogP contribution in [0.2, 0.25) is 0 Å². The van der Waals surface area contributed by atoms with Crippen LogP contribution < -0.4 is 10.6 Å². The number of nitrogens with two attached hydrogens (primary N) is 2. The number of unbranched alkanes of at least 4 members (excludes halogenated alkanes) is 2. The fraction of sp³-hybridized carbons (Fsp3) is 1.00. The van der Waals surface area contributed by atoms with Gasteiger partial charge in [-0.1, -0.05) is 26.7 Å². The summed E-state index contributed by atoms with van der Waals surface area (Å²) in [5, 5.41) is 5.48. The van der Waals surface area contributed by atoms with Crippen LogP contribution in [0.15, 0.2) is 0 Å². The third-order valence-corrected chi connectivity index (χ3v) is 6.59. The van der Waals surface area contributed by atoms with Crippen LogP contribution in [0.25, 0.3) is 0 Å². The third-order valence-electron chi connectivity index (χ3n) is 6.59. The molecule has 4 aliphatic rings. The van der Waals surface area contributed by atoms with E-state index in [0.717, 1.165) is 35.8 Å². The van der Waals surface area contributed by atoms with Gasteiger partial charge in [0.2, 0.25) is 0 Å². The molecule has 0 heterocycles. The van der Waals surface area contributed by atoms with Crippen molar-refractivity contribution in [1.82, 2.24) is 0 Å². The Bertz CT molecular complexity index is 246. The van der Waals surface area contributed by atoms with Gasteiger partial charge in [0.15, 0.2) is 0 Å². The summed E-state index contributed by atoms with van der Waals surface area (Å²) in [5.41, 5.74) is 0. The Balaban J connectivity index is 1.52. The molecule has 2 nitrogen and oxygen atoms in total. The van der Waals surface area contributed by atoms with E-state index in [1.807, 2.05) is 0 Å². The quantitative estimate of drug-likeness (QED) is 0.632. The topological polar surface area (TPSA) is 33.2 Å². The highest BCUT2D eigenvalue weighted by Gasteiger charge is 2.55. The van der Waals surface area contributed by atoms with E-state index in [2.05, 4.69) is 24.5 Å². The molecule has 4 N–H and O–H groups in total. The van der Waals surface area contributed by atoms with Gasteiger partial charge in [0.25, 0.3) is 0 Å². The van der Waals surface area contributed by atoms with Gasteiger partial charge < -0.3 is 10.6 Å². The lowest BCUT2D eigenvalue weighted by Gasteiger charge is -2.55. The number of rotatable bonds is 8. The molecule has 4 aliphatic carbocycles. The second-order valence-corrected chi connectivity index (χ2v) is 7.89. The van der Waals surface area contributed by atoms with Crippen molar-refractivity contribution >= 4 is 0 Å². The van der Waals surface area contributed by atoms with Crippen molar-refractivity contribution in [2.75, 3.05) is 13.1 Å². The van der Waals surface area contributed by atoms with Crippen LogP contribution in [0.5, 0.6) is 0 Å². The molecule has 0 saturated heterocycles. The zero-order valence-corrected chi connectivity index (χ0v) is 13.7. The molecule has 4 rings (SSSR count). The summed E-state index contributed by atoms with van der Waals surface area (Å²) in [5.74, 6) is 4.30. The van der Waals surface area contributed by atoms with Crippen LogP contribution >= 0.6 is 0 Å². The molecule has 0 aromatic rings. The van der Waals surface area contributed by atoms with E-state index in [1.165, 1.54) is 38.8 Å². The number of hydrogen-bond acceptors (Lipinski definition) is 0. The smallest absolute Gasteiger partial charge is 0.0916 e. The minimum absolute atomic E-state index is 1.01. The largest absolute Gasteiger partial charge is 0.343 e. The van der Waals surface area contributed by atoms with Gasteiger partial charge in [0.05, 0.1) is 25.2 Å². The average Bonchev–Trinajstić information content (AvgIpc) is 2.43. The molecule has 0 radical (unpaired) electrons. The minimum atomic E-state index is 1.01. The van der Waals surface area contributed by atoms with Crippen LogP contribution in [-0.2, 0) is 0 Å². The fourth-order valence-corrected chi connectivity index (χ4v) is 5.77. The van der Waals surface area contributed by atoms with Gasteiger partial charge in [-0.2, -0.15) is 0 Å². The van der Waals surface area contributed by atoms with Crippen LogP contribution in [0, 0.1) is 23.7 Å². The molecular formula is C18H36N2+2. The average molecular weight is 280 g/mol. The lowest BCUT2D eigenvalue weighted by atomic mass is 9.52. The first-order valence-corrected chi connectivity index (χ1v) is 9.50. The molecular weight excluding hydrogens is 244 g/mol. The predicted molar refractivity (Wildman–Crippen MR) is 83.4 cm³/mol. The van der Waals surface area contributed by atoms with Gasteiger partial charge >= 0.3 is 0 Å². The first-order chi connectivity index (χ1) is 9.83. The van der Waals surface area contributed by atoms with Crippen molar-refractivity contribution in [2.45, 2.75) is 77.3 Å². The molecule has 2 heteroatoms. The Kier molecular flexibility index (Phi) is 5.04. The van der Waals surface area contributed by atoms with E-state index < -0.39 is 0 Å². The van der Waals surface area contributed by atoms with Crippen LogP contribution in [0.4, 0.5) is 0 Å². The fourth-order valence-electron chi connectivity index (χ4n) is 5.77. The Hall–Kier alpha value is -0.0800. The van der Waals surface area contributed by atoms with E-state index >= 15 is 0 Å². The first-order valence-electron chi connectivity index (χ1n) is 9.50. The molecule has 4 bridgehead atoms. The molecule has 116 valence electrons. The molecule has 0 aromatic carbocycles. The summed E-state index contributed by atoms with van der Waals surface area (Å²) < 4.78 is 0. The molecule has 0 aliphatic heterocycles. The molecule has 4 fully saturated rings.